The zero-order chi connectivity index (χ0) is 21.4. The molecule has 0 radical (unpaired) electrons. The van der Waals surface area contributed by atoms with E-state index < -0.39 is 0 Å². The number of aryl methyl sites for hydroxylation is 2. The zero-order valence-corrected chi connectivity index (χ0v) is 19.8. The van der Waals surface area contributed by atoms with Crippen LogP contribution in [-0.4, -0.2) is 34.0 Å². The molecule has 3 rings (SSSR count). The predicted octanol–water partition coefficient (Wildman–Crippen LogP) is 6.18. The number of rotatable bonds is 7. The summed E-state index contributed by atoms with van der Waals surface area (Å²) in [6.07, 6.45) is 5.08. The van der Waals surface area contributed by atoms with Crippen molar-refractivity contribution in [3.05, 3.63) is 47.7 Å². The third-order valence-corrected chi connectivity index (χ3v) is 6.67. The van der Waals surface area contributed by atoms with Gasteiger partial charge < -0.3 is 10.4 Å². The fraction of sp³-hybridized carbons (Fsp3) is 0.478. The average Bonchev–Trinajstić information content (AvgIpc) is 3.18. The Morgan fingerprint density at radius 1 is 1.21 bits per heavy atom. The first-order valence-electron chi connectivity index (χ1n) is 10.2. The molecule has 0 spiro atoms. The molecule has 29 heavy (non-hydrogen) atoms. The van der Waals surface area contributed by atoms with Crippen molar-refractivity contribution in [1.29, 1.82) is 0 Å². The Labute approximate surface area is 184 Å². The first-order chi connectivity index (χ1) is 14.0. The van der Waals surface area contributed by atoms with Gasteiger partial charge in [0.1, 0.15) is 5.82 Å². The summed E-state index contributed by atoms with van der Waals surface area (Å²) in [6.45, 7) is 12.7. The molecule has 2 aromatic rings. The van der Waals surface area contributed by atoms with Crippen LogP contribution in [0.4, 0.5) is 5.82 Å². The van der Waals surface area contributed by atoms with Gasteiger partial charge in [0.15, 0.2) is 5.16 Å². The van der Waals surface area contributed by atoms with Gasteiger partial charge in [-0.05, 0) is 56.9 Å². The minimum atomic E-state index is 0.264. The normalized spacial score (nSPS) is 18.1. The lowest BCUT2D eigenvalue weighted by molar-refractivity contribution is 0.229. The van der Waals surface area contributed by atoms with Gasteiger partial charge in [-0.2, -0.15) is 0 Å². The molecule has 1 aromatic heterocycles. The van der Waals surface area contributed by atoms with Gasteiger partial charge in [0.05, 0.1) is 11.3 Å². The van der Waals surface area contributed by atoms with E-state index in [0.29, 0.717) is 12.0 Å². The van der Waals surface area contributed by atoms with Gasteiger partial charge in [-0.3, -0.25) is 0 Å². The number of aliphatic hydroxyl groups is 1. The van der Waals surface area contributed by atoms with E-state index in [-0.39, 0.29) is 6.61 Å². The number of nitrogens with one attached hydrogen (secondary N) is 1. The summed E-state index contributed by atoms with van der Waals surface area (Å²) in [5.74, 6) is 1.25. The Kier molecular flexibility index (Phi) is 9.53. The molecule has 0 amide bonds. The Bertz CT molecular complexity index is 826. The molecule has 1 unspecified atom stereocenters. The van der Waals surface area contributed by atoms with Gasteiger partial charge in [0.2, 0.25) is 0 Å². The Balaban J connectivity index is 0.00000145. The molecule has 1 aliphatic rings. The highest BCUT2D eigenvalue weighted by molar-refractivity contribution is 8.08. The molecule has 0 saturated heterocycles. The molecule has 4 nitrogen and oxygen atoms in total. The third-order valence-electron chi connectivity index (χ3n) is 5.00. The van der Waals surface area contributed by atoms with Gasteiger partial charge in [-0.25, -0.2) is 9.97 Å². The van der Waals surface area contributed by atoms with Gasteiger partial charge in [0.25, 0.3) is 0 Å². The van der Waals surface area contributed by atoms with E-state index in [1.54, 1.807) is 23.5 Å². The van der Waals surface area contributed by atoms with Gasteiger partial charge in [-0.15, -0.1) is 0 Å². The average molecular weight is 432 g/mol. The van der Waals surface area contributed by atoms with Crippen molar-refractivity contribution in [1.82, 2.24) is 9.97 Å². The molecule has 1 saturated carbocycles. The lowest BCUT2D eigenvalue weighted by Gasteiger charge is -2.20. The van der Waals surface area contributed by atoms with Crippen LogP contribution in [0.5, 0.6) is 0 Å². The summed E-state index contributed by atoms with van der Waals surface area (Å²) in [7, 11) is 0. The molecule has 0 aliphatic heterocycles. The number of hydrogen-bond donors (Lipinski definition) is 2. The smallest absolute Gasteiger partial charge is 0.189 e. The number of benzene rings is 1. The molecule has 158 valence electrons. The molecule has 1 fully saturated rings. The lowest BCUT2D eigenvalue weighted by Crippen LogP contribution is -2.19. The van der Waals surface area contributed by atoms with Crippen LogP contribution in [0.1, 0.15) is 49.9 Å². The monoisotopic (exact) mass is 431 g/mol. The summed E-state index contributed by atoms with van der Waals surface area (Å²) in [4.78, 5) is 11.5. The second-order valence-electron chi connectivity index (χ2n) is 7.01. The quantitative estimate of drug-likeness (QED) is 0.403. The van der Waals surface area contributed by atoms with Crippen LogP contribution in [0.15, 0.2) is 40.9 Å². The van der Waals surface area contributed by atoms with Crippen molar-refractivity contribution in [2.45, 2.75) is 63.1 Å². The highest BCUT2D eigenvalue weighted by atomic mass is 32.2. The molecular weight excluding hydrogens is 398 g/mol. The van der Waals surface area contributed by atoms with Crippen molar-refractivity contribution >= 4 is 34.2 Å². The first-order valence-corrected chi connectivity index (χ1v) is 12.3. The predicted molar refractivity (Wildman–Crippen MR) is 128 cm³/mol. The van der Waals surface area contributed by atoms with Crippen molar-refractivity contribution in [3.8, 4) is 0 Å². The summed E-state index contributed by atoms with van der Waals surface area (Å²) in [6, 6.07) is 8.67. The largest absolute Gasteiger partial charge is 0.396 e. The number of hydrogen-bond acceptors (Lipinski definition) is 6. The van der Waals surface area contributed by atoms with Crippen LogP contribution in [0, 0.1) is 19.8 Å². The molecular formula is C23H33N3OS2. The SMILES string of the molecule is C=C(Sc1ccccc1C)c1c(C)nc(SC)nc1N[C@H]1CCC(CO)C1.CC. The van der Waals surface area contributed by atoms with E-state index >= 15 is 0 Å². The number of aliphatic hydroxyl groups excluding tert-OH is 1. The second kappa shape index (κ2) is 11.6. The first kappa shape index (κ1) is 23.8. The van der Waals surface area contributed by atoms with E-state index in [4.69, 9.17) is 4.98 Å². The Hall–Kier alpha value is -1.50. The molecule has 1 aliphatic carbocycles. The van der Waals surface area contributed by atoms with Crippen molar-refractivity contribution < 1.29 is 5.11 Å². The van der Waals surface area contributed by atoms with Crippen LogP contribution < -0.4 is 5.32 Å². The summed E-state index contributed by atoms with van der Waals surface area (Å²) in [5.41, 5.74) is 3.17. The van der Waals surface area contributed by atoms with E-state index in [1.807, 2.05) is 27.0 Å². The standard InChI is InChI=1S/C21H27N3OS2.C2H6/c1-13-7-5-6-8-18(13)27-15(3)19-14(2)22-21(26-4)24-20(19)23-17-10-9-16(11-17)12-25;1-2/h5-8,16-17,25H,3,9-12H2,1-2,4H3,(H,22,23,24);1-2H3/t16?,17-;/m0./s1. The lowest BCUT2D eigenvalue weighted by atomic mass is 10.1. The summed E-state index contributed by atoms with van der Waals surface area (Å²) >= 11 is 3.22. The molecule has 0 bridgehead atoms. The van der Waals surface area contributed by atoms with Crippen LogP contribution in [-0.2, 0) is 0 Å². The van der Waals surface area contributed by atoms with Gasteiger partial charge in [-0.1, -0.05) is 62.1 Å². The van der Waals surface area contributed by atoms with E-state index in [0.717, 1.165) is 46.4 Å². The maximum absolute atomic E-state index is 9.43. The fourth-order valence-corrected chi connectivity index (χ4v) is 4.90. The minimum Gasteiger partial charge on any atom is -0.396 e. The molecule has 1 heterocycles. The number of anilines is 1. The molecule has 2 atom stereocenters. The van der Waals surface area contributed by atoms with E-state index in [2.05, 4.69) is 48.1 Å². The maximum Gasteiger partial charge on any atom is 0.189 e. The van der Waals surface area contributed by atoms with Crippen LogP contribution in [0.2, 0.25) is 0 Å². The highest BCUT2D eigenvalue weighted by Crippen LogP contribution is 2.40. The zero-order valence-electron chi connectivity index (χ0n) is 18.2. The minimum absolute atomic E-state index is 0.264. The Morgan fingerprint density at radius 3 is 2.55 bits per heavy atom. The topological polar surface area (TPSA) is 58.0 Å². The van der Waals surface area contributed by atoms with Crippen molar-refractivity contribution in [2.75, 3.05) is 18.2 Å². The second-order valence-corrected chi connectivity index (χ2v) is 8.92. The van der Waals surface area contributed by atoms with Crippen molar-refractivity contribution in [3.63, 3.8) is 0 Å². The third kappa shape index (κ3) is 6.24. The van der Waals surface area contributed by atoms with Crippen LogP contribution in [0.3, 0.4) is 0 Å². The van der Waals surface area contributed by atoms with Crippen LogP contribution in [0.25, 0.3) is 4.91 Å². The number of thioether (sulfide) groups is 2. The fourth-order valence-electron chi connectivity index (χ4n) is 3.50. The summed E-state index contributed by atoms with van der Waals surface area (Å²) < 4.78 is 0. The van der Waals surface area contributed by atoms with Gasteiger partial charge >= 0.3 is 0 Å². The number of aromatic nitrogens is 2. The van der Waals surface area contributed by atoms with E-state index in [1.165, 1.54) is 10.5 Å². The maximum atomic E-state index is 9.43. The Morgan fingerprint density at radius 2 is 1.93 bits per heavy atom. The highest BCUT2D eigenvalue weighted by Gasteiger charge is 2.26. The van der Waals surface area contributed by atoms with E-state index in [9.17, 15) is 5.11 Å². The molecule has 6 heteroatoms. The van der Waals surface area contributed by atoms with Crippen molar-refractivity contribution in [2.24, 2.45) is 5.92 Å². The molecule has 2 N–H and O–H groups in total. The summed E-state index contributed by atoms with van der Waals surface area (Å²) in [5, 5.41) is 13.8. The number of nitrogens with zero attached hydrogens (tertiary/aromatic N) is 2. The van der Waals surface area contributed by atoms with Crippen LogP contribution >= 0.6 is 23.5 Å². The van der Waals surface area contributed by atoms with Gasteiger partial charge in [0, 0.05) is 22.4 Å². The molecule has 1 aromatic carbocycles.